The average Bonchev–Trinajstić information content (AvgIpc) is 2.66. The molecule has 3 aromatic rings. The minimum Gasteiger partial charge on any atom is -0.395 e. The van der Waals surface area contributed by atoms with Gasteiger partial charge in [-0.15, -0.1) is 0 Å². The Morgan fingerprint density at radius 3 is 2.19 bits per heavy atom. The van der Waals surface area contributed by atoms with Crippen LogP contribution in [0.2, 0.25) is 0 Å². The van der Waals surface area contributed by atoms with Gasteiger partial charge in [-0.25, -0.2) is 0 Å². The summed E-state index contributed by atoms with van der Waals surface area (Å²) < 4.78 is 41.1. The molecule has 0 heterocycles. The Morgan fingerprint density at radius 2 is 1.50 bits per heavy atom. The van der Waals surface area contributed by atoms with Crippen LogP contribution in [0.4, 0.5) is 18.9 Å². The summed E-state index contributed by atoms with van der Waals surface area (Å²) in [6.07, 6.45) is -4.46. The maximum atomic E-state index is 13.7. The molecule has 3 rings (SSSR count). The van der Waals surface area contributed by atoms with Crippen molar-refractivity contribution in [2.45, 2.75) is 6.18 Å². The summed E-state index contributed by atoms with van der Waals surface area (Å²) in [4.78, 5) is 0. The van der Waals surface area contributed by atoms with Gasteiger partial charge in [-0.1, -0.05) is 54.6 Å². The highest BCUT2D eigenvalue weighted by Gasteiger charge is 2.34. The molecule has 0 saturated carbocycles. The number of aliphatic hydroxyl groups is 1. The number of hydrogen-bond acceptors (Lipinski definition) is 2. The van der Waals surface area contributed by atoms with Crippen molar-refractivity contribution in [1.29, 1.82) is 0 Å². The predicted molar refractivity (Wildman–Crippen MR) is 97.9 cm³/mol. The zero-order chi connectivity index (χ0) is 18.6. The van der Waals surface area contributed by atoms with E-state index in [0.29, 0.717) is 23.4 Å². The van der Waals surface area contributed by atoms with Gasteiger partial charge < -0.3 is 10.4 Å². The molecule has 0 aromatic heterocycles. The first-order chi connectivity index (χ1) is 12.5. The van der Waals surface area contributed by atoms with Crippen molar-refractivity contribution >= 4 is 5.69 Å². The van der Waals surface area contributed by atoms with Gasteiger partial charge in [0, 0.05) is 12.2 Å². The second-order valence-electron chi connectivity index (χ2n) is 5.86. The third-order valence-corrected chi connectivity index (χ3v) is 4.05. The highest BCUT2D eigenvalue weighted by Crippen LogP contribution is 2.39. The molecule has 0 atom stereocenters. The Bertz CT molecular complexity index is 876. The van der Waals surface area contributed by atoms with Crippen LogP contribution in [0.3, 0.4) is 0 Å². The number of benzene rings is 3. The summed E-state index contributed by atoms with van der Waals surface area (Å²) in [5, 5.41) is 11.9. The number of halogens is 3. The third kappa shape index (κ3) is 4.06. The lowest BCUT2D eigenvalue weighted by Crippen LogP contribution is -2.08. The van der Waals surface area contributed by atoms with Gasteiger partial charge in [0.2, 0.25) is 0 Å². The Labute approximate surface area is 149 Å². The molecule has 0 spiro atoms. The molecule has 5 heteroatoms. The van der Waals surface area contributed by atoms with Crippen LogP contribution in [0.15, 0.2) is 72.8 Å². The number of alkyl halides is 3. The van der Waals surface area contributed by atoms with Crippen molar-refractivity contribution in [3.05, 3.63) is 78.4 Å². The molecule has 0 saturated heterocycles. The molecule has 134 valence electrons. The Kier molecular flexibility index (Phi) is 5.28. The van der Waals surface area contributed by atoms with Gasteiger partial charge in [-0.05, 0) is 40.5 Å². The quantitative estimate of drug-likeness (QED) is 0.637. The molecule has 2 nitrogen and oxygen atoms in total. The predicted octanol–water partition coefficient (Wildman–Crippen LogP) is 5.44. The summed E-state index contributed by atoms with van der Waals surface area (Å²) in [6.45, 7) is 0.284. The summed E-state index contributed by atoms with van der Waals surface area (Å²) in [7, 11) is 0. The smallest absolute Gasteiger partial charge is 0.395 e. The van der Waals surface area contributed by atoms with Crippen LogP contribution in [0, 0.1) is 0 Å². The summed E-state index contributed by atoms with van der Waals surface area (Å²) in [6, 6.07) is 20.2. The molecule has 0 fully saturated rings. The van der Waals surface area contributed by atoms with E-state index in [9.17, 15) is 13.2 Å². The molecule has 0 aliphatic rings. The van der Waals surface area contributed by atoms with Crippen LogP contribution in [0.1, 0.15) is 5.56 Å². The van der Waals surface area contributed by atoms with Crippen molar-refractivity contribution < 1.29 is 18.3 Å². The minimum absolute atomic E-state index is 0.0518. The molecule has 0 bridgehead atoms. The number of rotatable bonds is 5. The molecule has 26 heavy (non-hydrogen) atoms. The van der Waals surface area contributed by atoms with E-state index in [1.165, 1.54) is 12.1 Å². The molecular weight excluding hydrogens is 339 g/mol. The second-order valence-corrected chi connectivity index (χ2v) is 5.86. The van der Waals surface area contributed by atoms with Crippen molar-refractivity contribution in [2.75, 3.05) is 18.5 Å². The van der Waals surface area contributed by atoms with Crippen molar-refractivity contribution in [1.82, 2.24) is 0 Å². The number of hydrogen-bond donors (Lipinski definition) is 2. The third-order valence-electron chi connectivity index (χ3n) is 4.05. The van der Waals surface area contributed by atoms with E-state index >= 15 is 0 Å². The molecule has 0 aliphatic heterocycles. The van der Waals surface area contributed by atoms with Gasteiger partial charge in [0.1, 0.15) is 0 Å². The van der Waals surface area contributed by atoms with Gasteiger partial charge in [0.25, 0.3) is 0 Å². The van der Waals surface area contributed by atoms with Gasteiger partial charge in [0.05, 0.1) is 12.2 Å². The standard InChI is InChI=1S/C21H18F3NO/c22-21(23,24)20-14-16(15-5-2-1-3-6-15)9-10-19(20)17-7-4-8-18(13-17)25-11-12-26/h1-10,13-14,25-26H,11-12H2. The fourth-order valence-corrected chi connectivity index (χ4v) is 2.84. The molecule has 0 aliphatic carbocycles. The first-order valence-electron chi connectivity index (χ1n) is 8.21. The molecule has 0 unspecified atom stereocenters. The van der Waals surface area contributed by atoms with Crippen molar-refractivity contribution in [2.24, 2.45) is 0 Å². The maximum absolute atomic E-state index is 13.7. The van der Waals surface area contributed by atoms with Crippen LogP contribution in [0.25, 0.3) is 22.3 Å². The minimum atomic E-state index is -4.46. The molecule has 3 aromatic carbocycles. The van der Waals surface area contributed by atoms with Crippen molar-refractivity contribution in [3.63, 3.8) is 0 Å². The number of nitrogens with one attached hydrogen (secondary N) is 1. The zero-order valence-electron chi connectivity index (χ0n) is 13.9. The van der Waals surface area contributed by atoms with Crippen LogP contribution in [0.5, 0.6) is 0 Å². The summed E-state index contributed by atoms with van der Waals surface area (Å²) >= 11 is 0. The van der Waals surface area contributed by atoms with E-state index < -0.39 is 11.7 Å². The second kappa shape index (κ2) is 7.62. The van der Waals surface area contributed by atoms with E-state index in [1.54, 1.807) is 54.6 Å². The molecule has 0 amide bonds. The van der Waals surface area contributed by atoms with Crippen molar-refractivity contribution in [3.8, 4) is 22.3 Å². The summed E-state index contributed by atoms with van der Waals surface area (Å²) in [5.74, 6) is 0. The van der Waals surface area contributed by atoms with E-state index in [-0.39, 0.29) is 12.2 Å². The van der Waals surface area contributed by atoms with Crippen LogP contribution < -0.4 is 5.32 Å². The van der Waals surface area contributed by atoms with E-state index in [2.05, 4.69) is 5.32 Å². The lowest BCUT2D eigenvalue weighted by atomic mass is 9.94. The van der Waals surface area contributed by atoms with Crippen LogP contribution in [-0.2, 0) is 6.18 Å². The van der Waals surface area contributed by atoms with E-state index in [4.69, 9.17) is 5.11 Å². The average molecular weight is 357 g/mol. The lowest BCUT2D eigenvalue weighted by Gasteiger charge is -2.16. The van der Waals surface area contributed by atoms with E-state index in [1.807, 2.05) is 6.07 Å². The maximum Gasteiger partial charge on any atom is 0.417 e. The monoisotopic (exact) mass is 357 g/mol. The van der Waals surface area contributed by atoms with Gasteiger partial charge in [-0.2, -0.15) is 13.2 Å². The Hall–Kier alpha value is -2.79. The van der Waals surface area contributed by atoms with Crippen LogP contribution >= 0.6 is 0 Å². The lowest BCUT2D eigenvalue weighted by molar-refractivity contribution is -0.137. The first-order valence-corrected chi connectivity index (χ1v) is 8.21. The normalized spacial score (nSPS) is 11.4. The molecular formula is C21H18F3NO. The fraction of sp³-hybridized carbons (Fsp3) is 0.143. The Balaban J connectivity index is 2.07. The van der Waals surface area contributed by atoms with Gasteiger partial charge in [0.15, 0.2) is 0 Å². The Morgan fingerprint density at radius 1 is 0.769 bits per heavy atom. The topological polar surface area (TPSA) is 32.3 Å². The highest BCUT2D eigenvalue weighted by atomic mass is 19.4. The highest BCUT2D eigenvalue weighted by molar-refractivity contribution is 5.76. The summed E-state index contributed by atoms with van der Waals surface area (Å²) in [5.41, 5.74) is 1.86. The number of aliphatic hydroxyl groups excluding tert-OH is 1. The van der Waals surface area contributed by atoms with E-state index in [0.717, 1.165) is 5.56 Å². The zero-order valence-corrected chi connectivity index (χ0v) is 13.9. The molecule has 0 radical (unpaired) electrons. The largest absolute Gasteiger partial charge is 0.417 e. The van der Waals surface area contributed by atoms with Gasteiger partial charge >= 0.3 is 6.18 Å². The number of anilines is 1. The SMILES string of the molecule is OCCNc1cccc(-c2ccc(-c3ccccc3)cc2C(F)(F)F)c1. The molecule has 2 N–H and O–H groups in total. The van der Waals surface area contributed by atoms with Gasteiger partial charge in [-0.3, -0.25) is 0 Å². The van der Waals surface area contributed by atoms with Crippen LogP contribution in [-0.4, -0.2) is 18.3 Å². The first kappa shape index (κ1) is 18.0. The fourth-order valence-electron chi connectivity index (χ4n) is 2.84.